The van der Waals surface area contributed by atoms with Gasteiger partial charge < -0.3 is 9.47 Å². The molecule has 0 saturated carbocycles. The highest BCUT2D eigenvalue weighted by Gasteiger charge is 2.01. The summed E-state index contributed by atoms with van der Waals surface area (Å²) in [7, 11) is 0. The van der Waals surface area contributed by atoms with Crippen LogP contribution < -0.4 is 4.74 Å². The Bertz CT molecular complexity index is 358. The summed E-state index contributed by atoms with van der Waals surface area (Å²) in [4.78, 5) is 10.9. The first-order valence-corrected chi connectivity index (χ1v) is 5.49. The summed E-state index contributed by atoms with van der Waals surface area (Å²) in [6, 6.07) is 6.00. The van der Waals surface area contributed by atoms with Crippen LogP contribution >= 0.6 is 0 Å². The highest BCUT2D eigenvalue weighted by Crippen LogP contribution is 2.18. The largest absolute Gasteiger partial charge is 0.490 e. The lowest BCUT2D eigenvalue weighted by Gasteiger charge is -2.09. The van der Waals surface area contributed by atoms with E-state index in [2.05, 4.69) is 6.07 Å². The van der Waals surface area contributed by atoms with E-state index >= 15 is 0 Å². The van der Waals surface area contributed by atoms with E-state index in [9.17, 15) is 4.79 Å². The third-order valence-corrected chi connectivity index (χ3v) is 2.22. The smallest absolute Gasteiger partial charge is 0.305 e. The summed E-state index contributed by atoms with van der Waals surface area (Å²) in [5.41, 5.74) is 2.31. The van der Waals surface area contributed by atoms with Gasteiger partial charge in [0.1, 0.15) is 19.0 Å². The van der Waals surface area contributed by atoms with E-state index in [1.807, 2.05) is 26.0 Å². The fourth-order valence-corrected chi connectivity index (χ4v) is 1.37. The van der Waals surface area contributed by atoms with E-state index in [0.29, 0.717) is 19.6 Å². The molecule has 0 saturated heterocycles. The predicted molar refractivity (Wildman–Crippen MR) is 62.7 cm³/mol. The number of hydrogen-bond donors (Lipinski definition) is 0. The van der Waals surface area contributed by atoms with Crippen molar-refractivity contribution in [2.75, 3.05) is 13.2 Å². The second-order valence-corrected chi connectivity index (χ2v) is 3.69. The molecule has 0 atom stereocenters. The van der Waals surface area contributed by atoms with Crippen LogP contribution in [0.2, 0.25) is 0 Å². The summed E-state index contributed by atoms with van der Waals surface area (Å²) in [6.07, 6.45) is 0.406. The molecular formula is C13H18O3. The van der Waals surface area contributed by atoms with Crippen molar-refractivity contribution in [1.82, 2.24) is 0 Å². The Morgan fingerprint density at radius 3 is 2.62 bits per heavy atom. The van der Waals surface area contributed by atoms with Crippen LogP contribution in [0.1, 0.15) is 24.5 Å². The van der Waals surface area contributed by atoms with E-state index in [0.717, 1.165) is 11.3 Å². The molecule has 0 fully saturated rings. The van der Waals surface area contributed by atoms with Gasteiger partial charge in [0.25, 0.3) is 0 Å². The Balaban J connectivity index is 2.35. The Labute approximate surface area is 96.4 Å². The SMILES string of the molecule is CCC(=O)OCCOc1ccc(C)cc1C. The lowest BCUT2D eigenvalue weighted by molar-refractivity contribution is -0.143. The number of aryl methyl sites for hydroxylation is 2. The minimum Gasteiger partial charge on any atom is -0.490 e. The highest BCUT2D eigenvalue weighted by atomic mass is 16.6. The molecule has 1 aromatic carbocycles. The molecule has 0 aliphatic rings. The van der Waals surface area contributed by atoms with E-state index in [1.165, 1.54) is 5.56 Å². The van der Waals surface area contributed by atoms with Crippen molar-refractivity contribution in [3.05, 3.63) is 29.3 Å². The quantitative estimate of drug-likeness (QED) is 0.567. The number of ether oxygens (including phenoxy) is 2. The normalized spacial score (nSPS) is 9.94. The van der Waals surface area contributed by atoms with Gasteiger partial charge in [-0.05, 0) is 25.5 Å². The van der Waals surface area contributed by atoms with Gasteiger partial charge in [-0.25, -0.2) is 0 Å². The lowest BCUT2D eigenvalue weighted by Crippen LogP contribution is -2.11. The van der Waals surface area contributed by atoms with Crippen molar-refractivity contribution in [2.24, 2.45) is 0 Å². The fraction of sp³-hybridized carbons (Fsp3) is 0.462. The summed E-state index contributed by atoms with van der Waals surface area (Å²) < 4.78 is 10.4. The molecule has 1 aromatic rings. The van der Waals surface area contributed by atoms with Crippen molar-refractivity contribution in [2.45, 2.75) is 27.2 Å². The summed E-state index contributed by atoms with van der Waals surface area (Å²) >= 11 is 0. The Morgan fingerprint density at radius 2 is 2.00 bits per heavy atom. The molecule has 0 spiro atoms. The van der Waals surface area contributed by atoms with Crippen LogP contribution in [0.15, 0.2) is 18.2 Å². The van der Waals surface area contributed by atoms with Crippen LogP contribution in [0.3, 0.4) is 0 Å². The first kappa shape index (κ1) is 12.6. The number of benzene rings is 1. The maximum absolute atomic E-state index is 10.9. The molecule has 0 aliphatic carbocycles. The van der Waals surface area contributed by atoms with Crippen molar-refractivity contribution in [3.63, 3.8) is 0 Å². The van der Waals surface area contributed by atoms with Gasteiger partial charge >= 0.3 is 5.97 Å². The number of carbonyl (C=O) groups is 1. The maximum atomic E-state index is 10.9. The number of rotatable bonds is 5. The van der Waals surface area contributed by atoms with Crippen LogP contribution in [0.5, 0.6) is 5.75 Å². The first-order chi connectivity index (χ1) is 7.63. The zero-order valence-corrected chi connectivity index (χ0v) is 10.1. The van der Waals surface area contributed by atoms with Gasteiger partial charge in [-0.2, -0.15) is 0 Å². The Morgan fingerprint density at radius 1 is 1.25 bits per heavy atom. The van der Waals surface area contributed by atoms with Gasteiger partial charge in [0, 0.05) is 6.42 Å². The number of esters is 1. The van der Waals surface area contributed by atoms with Crippen molar-refractivity contribution in [3.8, 4) is 5.75 Å². The molecule has 3 heteroatoms. The molecule has 3 nitrogen and oxygen atoms in total. The van der Waals surface area contributed by atoms with Crippen molar-refractivity contribution in [1.29, 1.82) is 0 Å². The van der Waals surface area contributed by atoms with Crippen molar-refractivity contribution >= 4 is 5.97 Å². The molecular weight excluding hydrogens is 204 g/mol. The molecule has 0 amide bonds. The molecule has 0 aliphatic heterocycles. The minimum absolute atomic E-state index is 0.191. The summed E-state index contributed by atoms with van der Waals surface area (Å²) in [5.74, 6) is 0.655. The average molecular weight is 222 g/mol. The van der Waals surface area contributed by atoms with Gasteiger partial charge in [-0.15, -0.1) is 0 Å². The molecule has 88 valence electrons. The molecule has 0 bridgehead atoms. The molecule has 16 heavy (non-hydrogen) atoms. The number of carbonyl (C=O) groups excluding carboxylic acids is 1. The standard InChI is InChI=1S/C13H18O3/c1-4-13(14)16-8-7-15-12-6-5-10(2)9-11(12)3/h5-6,9H,4,7-8H2,1-3H3. The van der Waals surface area contributed by atoms with Gasteiger partial charge in [0.05, 0.1) is 0 Å². The fourth-order valence-electron chi connectivity index (χ4n) is 1.37. The molecule has 0 radical (unpaired) electrons. The van der Waals surface area contributed by atoms with Gasteiger partial charge in [0.2, 0.25) is 0 Å². The Kier molecular flexibility index (Phi) is 4.83. The monoisotopic (exact) mass is 222 g/mol. The first-order valence-electron chi connectivity index (χ1n) is 5.49. The second-order valence-electron chi connectivity index (χ2n) is 3.69. The maximum Gasteiger partial charge on any atom is 0.305 e. The zero-order valence-electron chi connectivity index (χ0n) is 10.1. The molecule has 0 N–H and O–H groups in total. The van der Waals surface area contributed by atoms with Crippen LogP contribution in [0.25, 0.3) is 0 Å². The van der Waals surface area contributed by atoms with E-state index < -0.39 is 0 Å². The molecule has 0 unspecified atom stereocenters. The number of hydrogen-bond acceptors (Lipinski definition) is 3. The highest BCUT2D eigenvalue weighted by molar-refractivity contribution is 5.68. The van der Waals surface area contributed by atoms with Gasteiger partial charge in [-0.1, -0.05) is 24.6 Å². The average Bonchev–Trinajstić information content (AvgIpc) is 2.26. The predicted octanol–water partition coefficient (Wildman–Crippen LogP) is 2.64. The second kappa shape index (κ2) is 6.16. The zero-order chi connectivity index (χ0) is 12.0. The minimum atomic E-state index is -0.191. The molecule has 0 aromatic heterocycles. The van der Waals surface area contributed by atoms with Crippen molar-refractivity contribution < 1.29 is 14.3 Å². The third-order valence-electron chi connectivity index (χ3n) is 2.22. The van der Waals surface area contributed by atoms with E-state index in [-0.39, 0.29) is 5.97 Å². The van der Waals surface area contributed by atoms with Crippen LogP contribution in [0, 0.1) is 13.8 Å². The van der Waals surface area contributed by atoms with Crippen LogP contribution in [-0.2, 0) is 9.53 Å². The summed E-state index contributed by atoms with van der Waals surface area (Å²) in [6.45, 7) is 6.52. The third kappa shape index (κ3) is 3.93. The lowest BCUT2D eigenvalue weighted by atomic mass is 10.1. The Hall–Kier alpha value is -1.51. The molecule has 0 heterocycles. The van der Waals surface area contributed by atoms with E-state index in [4.69, 9.17) is 9.47 Å². The van der Waals surface area contributed by atoms with Gasteiger partial charge in [0.15, 0.2) is 0 Å². The topological polar surface area (TPSA) is 35.5 Å². The van der Waals surface area contributed by atoms with Crippen LogP contribution in [-0.4, -0.2) is 19.2 Å². The van der Waals surface area contributed by atoms with E-state index in [1.54, 1.807) is 6.92 Å². The van der Waals surface area contributed by atoms with Gasteiger partial charge in [-0.3, -0.25) is 4.79 Å². The summed E-state index contributed by atoms with van der Waals surface area (Å²) in [5, 5.41) is 0. The van der Waals surface area contributed by atoms with Crippen LogP contribution in [0.4, 0.5) is 0 Å². The molecule has 1 rings (SSSR count).